The van der Waals surface area contributed by atoms with E-state index in [1.54, 1.807) is 78.8 Å². The number of benzene rings is 7. The van der Waals surface area contributed by atoms with E-state index < -0.39 is 35.1 Å². The molecule has 0 unspecified atom stereocenters. The van der Waals surface area contributed by atoms with Gasteiger partial charge in [-0.25, -0.2) is 39.3 Å². The molecule has 4 amide bonds. The maximum atomic E-state index is 12.2. The quantitative estimate of drug-likeness (QED) is 0.00613. The highest BCUT2D eigenvalue weighted by molar-refractivity contribution is 9.10. The summed E-state index contributed by atoms with van der Waals surface area (Å²) >= 11 is 15.1. The van der Waals surface area contributed by atoms with Gasteiger partial charge in [0, 0.05) is 125 Å². The molecule has 3 aliphatic carbocycles. The van der Waals surface area contributed by atoms with E-state index in [9.17, 15) is 19.2 Å². The summed E-state index contributed by atoms with van der Waals surface area (Å²) in [7, 11) is 4.93. The lowest BCUT2D eigenvalue weighted by molar-refractivity contribution is -0.111. The van der Waals surface area contributed by atoms with Crippen molar-refractivity contribution in [3.63, 3.8) is 0 Å². The number of carbonyl (C=O) groups excluding carboxylic acids is 4. The highest BCUT2D eigenvalue weighted by atomic mass is 79.9. The summed E-state index contributed by atoms with van der Waals surface area (Å²) in [5.41, 5.74) is 15.2. The number of ether oxygens (including phenoxy) is 9. The third-order valence-electron chi connectivity index (χ3n) is 17.8. The van der Waals surface area contributed by atoms with Crippen LogP contribution in [-0.4, -0.2) is 142 Å². The first-order valence-corrected chi connectivity index (χ1v) is 43.1. The zero-order chi connectivity index (χ0) is 92.5. The van der Waals surface area contributed by atoms with E-state index >= 15 is 0 Å². The SMILES string of the molecule is C=CC(=O)Nc1cccc(Nc2nc(Nc3ccc(OCCOC)cc3)ncc2C2CC2)c1.CC(C)(C)OC(=O)Nc1cccc(Nc2nc(Cl)ncc2Br)c1.CC(C)(C)OC(=O)Nc1cccc(Nc2nc(Cl)ncc2C2CC2)c1.COCCOc1ccc(N)cc1.COCCOc1ccc(Nc2ncc(C3CC3)c(Nc3cccc(NC(=O)OC(C)(C)C)c3)n2)cc1. The van der Waals surface area contributed by atoms with Crippen molar-refractivity contribution in [3.05, 3.63) is 239 Å². The van der Waals surface area contributed by atoms with Crippen LogP contribution in [0.25, 0.3) is 0 Å². The molecule has 4 heterocycles. The van der Waals surface area contributed by atoms with Crippen molar-refractivity contribution in [1.82, 2.24) is 39.9 Å². The molecule has 0 radical (unpaired) electrons. The Morgan fingerprint density at radius 1 is 0.388 bits per heavy atom. The first-order valence-electron chi connectivity index (χ1n) is 41.6. The number of hydrogen-bond acceptors (Lipinski definition) is 28. The van der Waals surface area contributed by atoms with Crippen LogP contribution in [0.15, 0.2) is 212 Å². The summed E-state index contributed by atoms with van der Waals surface area (Å²) < 4.78 is 47.9. The minimum atomic E-state index is -0.569. The predicted octanol–water partition coefficient (Wildman–Crippen LogP) is 22.6. The number of methoxy groups -OCH3 is 3. The molecule has 4 aromatic heterocycles. The van der Waals surface area contributed by atoms with E-state index in [1.165, 1.54) is 6.08 Å². The normalized spacial score (nSPS) is 12.5. The number of nitrogens with one attached hydrogen (secondary N) is 10. The van der Waals surface area contributed by atoms with Crippen LogP contribution in [-0.2, 0) is 33.2 Å². The maximum absolute atomic E-state index is 12.2. The Labute approximate surface area is 769 Å². The molecule has 0 atom stereocenters. The summed E-state index contributed by atoms with van der Waals surface area (Å²) in [6, 6.07) is 51.9. The summed E-state index contributed by atoms with van der Waals surface area (Å²) in [6.07, 6.45) is 13.6. The molecule has 680 valence electrons. The number of nitrogen functional groups attached to an aromatic ring is 1. The van der Waals surface area contributed by atoms with Crippen molar-refractivity contribution in [2.45, 2.75) is 135 Å². The molecular weight excluding hydrogens is 1750 g/mol. The molecule has 7 aromatic carbocycles. The molecule has 0 bridgehead atoms. The van der Waals surface area contributed by atoms with Crippen molar-refractivity contribution < 1.29 is 61.8 Å². The molecule has 0 saturated heterocycles. The maximum Gasteiger partial charge on any atom is 0.412 e. The summed E-state index contributed by atoms with van der Waals surface area (Å²) in [6.45, 7) is 23.1. The number of nitrogens with two attached hydrogens (primary N) is 1. The Bertz CT molecular complexity index is 5510. The standard InChI is InChI=1S/C27H33N5O4.C25H27N5O3.C18H21ClN4O2.C15H16BrClN4O2.C9H13NO2/c1-27(2,3)36-26(33)31-21-7-5-6-20(16-21)29-24-23(18-8-9-18)17-28-25(32-24)30-19-10-12-22(13-11-19)35-15-14-34-4;1-3-23(31)27-19-5-4-6-20(15-19)28-24-22(17-7-8-17)16-26-25(30-24)29-18-9-11-21(12-10-18)33-14-13-32-2;1-18(2,3)25-17(24)22-13-6-4-5-12(9-13)21-15-14(11-7-8-11)10-20-16(19)23-15;1-15(2,3)23-14(22)20-10-6-4-5-9(7-10)19-12-11(16)8-18-13(17)21-12;1-11-6-7-12-9-4-2-8(10)3-5-9/h5-7,10-13,16-18H,8-9,14-15H2,1-4H3,(H,31,33)(H2,28,29,30,32);3-6,9-12,15-17H,1,7-8,13-14H2,2H3,(H,27,31)(H2,26,28,29,30);4-6,9-11H,7-8H2,1-3H3,(H,22,24)(H,20,21,23);4-8H,1-3H3,(H,20,22)(H,18,19,21);2-5H,6-7,10H2,1H3. The Morgan fingerprint density at radius 3 is 1.01 bits per heavy atom. The van der Waals surface area contributed by atoms with Crippen LogP contribution in [0.2, 0.25) is 10.6 Å². The first kappa shape index (κ1) is 98.0. The topological polar surface area (TPSA) is 401 Å². The van der Waals surface area contributed by atoms with Gasteiger partial charge < -0.3 is 85.6 Å². The lowest BCUT2D eigenvalue weighted by Gasteiger charge is -2.20. The summed E-state index contributed by atoms with van der Waals surface area (Å²) in [5.74, 6) is 7.21. The number of carbonyl (C=O) groups is 4. The minimum absolute atomic E-state index is 0.138. The molecule has 3 saturated carbocycles. The second kappa shape index (κ2) is 48.1. The Morgan fingerprint density at radius 2 is 0.682 bits per heavy atom. The molecule has 32 nitrogen and oxygen atoms in total. The predicted molar refractivity (Wildman–Crippen MR) is 511 cm³/mol. The number of halogens is 3. The van der Waals surface area contributed by atoms with E-state index in [1.807, 2.05) is 200 Å². The fourth-order valence-corrected chi connectivity index (χ4v) is 12.2. The average molecular weight is 1860 g/mol. The second-order valence-electron chi connectivity index (χ2n) is 32.4. The van der Waals surface area contributed by atoms with Crippen molar-refractivity contribution in [3.8, 4) is 17.2 Å². The molecule has 14 rings (SSSR count). The Balaban J connectivity index is 0.000000173. The van der Waals surface area contributed by atoms with Gasteiger partial charge in [0.25, 0.3) is 0 Å². The van der Waals surface area contributed by atoms with Gasteiger partial charge in [0.1, 0.15) is 77.1 Å². The zero-order valence-corrected chi connectivity index (χ0v) is 77.2. The first-order chi connectivity index (χ1) is 61.8. The third-order valence-corrected chi connectivity index (χ3v) is 18.8. The van der Waals surface area contributed by atoms with Crippen LogP contribution in [0.4, 0.5) is 112 Å². The number of nitrogens with zero attached hydrogens (tertiary/aromatic N) is 8. The largest absolute Gasteiger partial charge is 0.491 e. The third kappa shape index (κ3) is 35.9. The van der Waals surface area contributed by atoms with Crippen LogP contribution in [0, 0.1) is 0 Å². The lowest BCUT2D eigenvalue weighted by Crippen LogP contribution is -2.27. The second-order valence-corrected chi connectivity index (χ2v) is 33.9. The molecular formula is C94H110BrCl2N19O13. The molecule has 0 aliphatic heterocycles. The molecule has 0 spiro atoms. The molecule has 35 heteroatoms. The zero-order valence-electron chi connectivity index (χ0n) is 74.1. The minimum Gasteiger partial charge on any atom is -0.491 e. The molecule has 12 N–H and O–H groups in total. The lowest BCUT2D eigenvalue weighted by atomic mass is 10.2. The van der Waals surface area contributed by atoms with Crippen molar-refractivity contribution in [1.29, 1.82) is 0 Å². The Hall–Kier alpha value is -13.2. The van der Waals surface area contributed by atoms with Crippen molar-refractivity contribution >= 4 is 161 Å². The van der Waals surface area contributed by atoms with Gasteiger partial charge in [-0.2, -0.15) is 15.0 Å². The van der Waals surface area contributed by atoms with Gasteiger partial charge >= 0.3 is 18.3 Å². The van der Waals surface area contributed by atoms with E-state index in [0.29, 0.717) is 108 Å². The number of hydrogen-bond donors (Lipinski definition) is 11. The van der Waals surface area contributed by atoms with E-state index in [2.05, 4.69) is 106 Å². The summed E-state index contributed by atoms with van der Waals surface area (Å²) in [4.78, 5) is 82.3. The average Bonchev–Trinajstić information content (AvgIpc) is 1.69. The summed E-state index contributed by atoms with van der Waals surface area (Å²) in [5, 5.41) is 31.0. The fraction of sp³-hybridized carbons (Fsp3) is 0.319. The van der Waals surface area contributed by atoms with Crippen LogP contribution in [0.5, 0.6) is 17.2 Å². The van der Waals surface area contributed by atoms with Crippen LogP contribution in [0.1, 0.15) is 135 Å². The van der Waals surface area contributed by atoms with Gasteiger partial charge in [-0.15, -0.1) is 0 Å². The van der Waals surface area contributed by atoms with Gasteiger partial charge in [0.2, 0.25) is 28.4 Å². The molecule has 129 heavy (non-hydrogen) atoms. The van der Waals surface area contributed by atoms with Crippen LogP contribution >= 0.6 is 39.1 Å². The molecule has 3 fully saturated rings. The van der Waals surface area contributed by atoms with Gasteiger partial charge in [-0.05, 0) is 309 Å². The van der Waals surface area contributed by atoms with Crippen LogP contribution < -0.4 is 73.1 Å². The van der Waals surface area contributed by atoms with Gasteiger partial charge in [0.15, 0.2) is 0 Å². The number of rotatable bonds is 32. The fourth-order valence-electron chi connectivity index (χ4n) is 11.6. The van der Waals surface area contributed by atoms with Crippen molar-refractivity contribution in [2.24, 2.45) is 0 Å². The molecule has 11 aromatic rings. The van der Waals surface area contributed by atoms with Gasteiger partial charge in [-0.1, -0.05) is 30.8 Å². The van der Waals surface area contributed by atoms with Gasteiger partial charge in [-0.3, -0.25) is 20.7 Å². The van der Waals surface area contributed by atoms with E-state index in [0.717, 1.165) is 124 Å². The highest BCUT2D eigenvalue weighted by Gasteiger charge is 2.31. The van der Waals surface area contributed by atoms with Crippen molar-refractivity contribution in [2.75, 3.05) is 120 Å². The number of anilines is 17. The number of amides is 4. The van der Waals surface area contributed by atoms with Crippen LogP contribution in [0.3, 0.4) is 0 Å². The van der Waals surface area contributed by atoms with E-state index in [-0.39, 0.29) is 16.5 Å². The van der Waals surface area contributed by atoms with E-state index in [4.69, 9.17) is 81.5 Å². The van der Waals surface area contributed by atoms with Gasteiger partial charge in [0.05, 0.1) is 24.3 Å². The Kier molecular flexibility index (Phi) is 36.6. The monoisotopic (exact) mass is 1860 g/mol. The highest BCUT2D eigenvalue weighted by Crippen LogP contribution is 2.46. The molecule has 3 aliphatic rings. The number of aromatic nitrogens is 8. The smallest absolute Gasteiger partial charge is 0.412 e.